The van der Waals surface area contributed by atoms with E-state index in [1.807, 2.05) is 0 Å². The van der Waals surface area contributed by atoms with Crippen LogP contribution in [0.1, 0.15) is 19.8 Å². The number of nitrogens with zero attached hydrogens (tertiary/aromatic N) is 3. The third kappa shape index (κ3) is 4.87. The molecular formula is C21H26F2N4O4S. The van der Waals surface area contributed by atoms with E-state index in [0.29, 0.717) is 25.6 Å². The number of rotatable bonds is 6. The maximum atomic E-state index is 14.9. The van der Waals surface area contributed by atoms with Gasteiger partial charge in [-0.05, 0) is 19.8 Å². The summed E-state index contributed by atoms with van der Waals surface area (Å²) >= 11 is 5.27. The second kappa shape index (κ2) is 9.43. The van der Waals surface area contributed by atoms with Crippen LogP contribution in [0.15, 0.2) is 12.1 Å². The van der Waals surface area contributed by atoms with E-state index in [1.165, 1.54) is 9.80 Å². The van der Waals surface area contributed by atoms with Crippen LogP contribution in [0.3, 0.4) is 0 Å². The summed E-state index contributed by atoms with van der Waals surface area (Å²) in [6.07, 6.45) is 0.610. The number of thiocarbonyl (C=S) groups is 1. The van der Waals surface area contributed by atoms with Crippen LogP contribution >= 0.6 is 12.2 Å². The first-order valence-corrected chi connectivity index (χ1v) is 11.2. The van der Waals surface area contributed by atoms with Crippen molar-refractivity contribution in [2.24, 2.45) is 5.92 Å². The molecule has 1 aromatic rings. The summed E-state index contributed by atoms with van der Waals surface area (Å²) in [5.74, 6) is -1.13. The van der Waals surface area contributed by atoms with Crippen LogP contribution in [-0.4, -0.2) is 74.1 Å². The van der Waals surface area contributed by atoms with Crippen molar-refractivity contribution >= 4 is 40.8 Å². The highest BCUT2D eigenvalue weighted by atomic mass is 32.1. The van der Waals surface area contributed by atoms with Crippen LogP contribution in [0.25, 0.3) is 0 Å². The van der Waals surface area contributed by atoms with Gasteiger partial charge in [-0.25, -0.2) is 18.4 Å². The second-order valence-corrected chi connectivity index (χ2v) is 8.51. The quantitative estimate of drug-likeness (QED) is 0.644. The lowest BCUT2D eigenvalue weighted by Crippen LogP contribution is -2.49. The molecule has 2 aliphatic heterocycles. The molecule has 8 nitrogen and oxygen atoms in total. The first kappa shape index (κ1) is 22.5. The fourth-order valence-corrected chi connectivity index (χ4v) is 4.20. The zero-order valence-corrected chi connectivity index (χ0v) is 18.6. The molecule has 1 N–H and O–H groups in total. The van der Waals surface area contributed by atoms with Crippen molar-refractivity contribution in [1.29, 1.82) is 0 Å². The van der Waals surface area contributed by atoms with Crippen LogP contribution < -0.4 is 15.1 Å². The van der Waals surface area contributed by atoms with Gasteiger partial charge < -0.3 is 24.6 Å². The standard InChI is InChI=1S/C21H26F2N4O4S/c1-2-30-20(28)26-7-5-25(6-8-26)18-16(22)9-14(10-17(18)23)27-12-15(31-21(27)29)11-24-19(32)13-3-4-13/h9-10,13,15H,2-8,11-12H2,1H3,(H,24,32). The minimum absolute atomic E-state index is 0.103. The average molecular weight is 469 g/mol. The van der Waals surface area contributed by atoms with E-state index in [4.69, 9.17) is 21.7 Å². The molecule has 2 amide bonds. The van der Waals surface area contributed by atoms with Crippen molar-refractivity contribution in [3.63, 3.8) is 0 Å². The molecule has 4 rings (SSSR count). The van der Waals surface area contributed by atoms with E-state index < -0.39 is 29.9 Å². The zero-order chi connectivity index (χ0) is 22.8. The van der Waals surface area contributed by atoms with E-state index in [1.54, 1.807) is 11.8 Å². The Morgan fingerprint density at radius 1 is 1.22 bits per heavy atom. The van der Waals surface area contributed by atoms with Crippen molar-refractivity contribution in [3.8, 4) is 0 Å². The predicted molar refractivity (Wildman–Crippen MR) is 118 cm³/mol. The molecule has 1 aromatic carbocycles. The number of anilines is 2. The lowest BCUT2D eigenvalue weighted by molar-refractivity contribution is 0.105. The Morgan fingerprint density at radius 2 is 1.88 bits per heavy atom. The van der Waals surface area contributed by atoms with Crippen molar-refractivity contribution in [2.75, 3.05) is 55.7 Å². The number of carbonyl (C=O) groups is 2. The van der Waals surface area contributed by atoms with Gasteiger partial charge in [-0.3, -0.25) is 4.90 Å². The van der Waals surface area contributed by atoms with Crippen LogP contribution in [0.2, 0.25) is 0 Å². The Labute approximate surface area is 190 Å². The van der Waals surface area contributed by atoms with E-state index in [2.05, 4.69) is 5.32 Å². The summed E-state index contributed by atoms with van der Waals surface area (Å²) in [6, 6.07) is 2.28. The van der Waals surface area contributed by atoms with Crippen molar-refractivity contribution in [3.05, 3.63) is 23.8 Å². The van der Waals surface area contributed by atoms with Crippen LogP contribution in [0.4, 0.5) is 29.7 Å². The van der Waals surface area contributed by atoms with Crippen molar-refractivity contribution in [1.82, 2.24) is 10.2 Å². The van der Waals surface area contributed by atoms with E-state index in [0.717, 1.165) is 30.0 Å². The Bertz CT molecular complexity index is 883. The van der Waals surface area contributed by atoms with E-state index >= 15 is 0 Å². The number of hydrogen-bond donors (Lipinski definition) is 1. The monoisotopic (exact) mass is 468 g/mol. The first-order valence-electron chi connectivity index (χ1n) is 10.8. The SMILES string of the molecule is CCOC(=O)N1CCN(c2c(F)cc(N3CC(CNC(=S)C4CC4)OC3=O)cc2F)CC1. The Kier molecular flexibility index (Phi) is 6.63. The van der Waals surface area contributed by atoms with Crippen LogP contribution in [0, 0.1) is 17.6 Å². The number of nitrogens with one attached hydrogen (secondary N) is 1. The predicted octanol–water partition coefficient (Wildman–Crippen LogP) is 2.90. The van der Waals surface area contributed by atoms with Gasteiger partial charge in [0.05, 0.1) is 30.4 Å². The molecule has 174 valence electrons. The molecule has 0 radical (unpaired) electrons. The average Bonchev–Trinajstić information content (AvgIpc) is 3.55. The fraction of sp³-hybridized carbons (Fsp3) is 0.571. The summed E-state index contributed by atoms with van der Waals surface area (Å²) < 4.78 is 40.1. The largest absolute Gasteiger partial charge is 0.450 e. The summed E-state index contributed by atoms with van der Waals surface area (Å²) in [6.45, 7) is 3.68. The van der Waals surface area contributed by atoms with Gasteiger partial charge in [0.15, 0.2) is 11.6 Å². The Balaban J connectivity index is 1.39. The maximum Gasteiger partial charge on any atom is 0.414 e. The Morgan fingerprint density at radius 3 is 2.47 bits per heavy atom. The third-order valence-corrected chi connectivity index (χ3v) is 6.24. The normalized spacial score (nSPS) is 20.9. The molecule has 1 atom stereocenters. The van der Waals surface area contributed by atoms with Gasteiger partial charge in [0.1, 0.15) is 11.8 Å². The number of amides is 2. The number of cyclic esters (lactones) is 1. The minimum Gasteiger partial charge on any atom is -0.450 e. The number of hydrogen-bond acceptors (Lipinski definition) is 6. The smallest absolute Gasteiger partial charge is 0.414 e. The molecule has 1 saturated carbocycles. The van der Waals surface area contributed by atoms with Gasteiger partial charge in [0, 0.05) is 44.2 Å². The zero-order valence-electron chi connectivity index (χ0n) is 17.8. The molecule has 0 aromatic heterocycles. The molecule has 1 unspecified atom stereocenters. The van der Waals surface area contributed by atoms with Crippen molar-refractivity contribution in [2.45, 2.75) is 25.9 Å². The third-order valence-electron chi connectivity index (χ3n) is 5.76. The van der Waals surface area contributed by atoms with Gasteiger partial charge in [0.2, 0.25) is 0 Å². The summed E-state index contributed by atoms with van der Waals surface area (Å²) in [5.41, 5.74) is -0.0657. The molecule has 0 spiro atoms. The van der Waals surface area contributed by atoms with Crippen molar-refractivity contribution < 1.29 is 27.8 Å². The van der Waals surface area contributed by atoms with Gasteiger partial charge in [-0.1, -0.05) is 12.2 Å². The van der Waals surface area contributed by atoms with E-state index in [9.17, 15) is 18.4 Å². The van der Waals surface area contributed by atoms with Crippen LogP contribution in [-0.2, 0) is 9.47 Å². The highest BCUT2D eigenvalue weighted by molar-refractivity contribution is 7.80. The first-order chi connectivity index (χ1) is 15.4. The second-order valence-electron chi connectivity index (χ2n) is 8.07. The molecule has 1 aliphatic carbocycles. The number of benzene rings is 1. The summed E-state index contributed by atoms with van der Waals surface area (Å²) in [5, 5.41) is 3.11. The lowest BCUT2D eigenvalue weighted by Gasteiger charge is -2.35. The minimum atomic E-state index is -0.770. The molecule has 2 saturated heterocycles. The van der Waals surface area contributed by atoms with E-state index in [-0.39, 0.29) is 37.6 Å². The fourth-order valence-electron chi connectivity index (χ4n) is 3.88. The summed E-state index contributed by atoms with van der Waals surface area (Å²) in [4.78, 5) is 29.1. The summed E-state index contributed by atoms with van der Waals surface area (Å²) in [7, 11) is 0. The molecule has 3 aliphatic rings. The molecule has 3 fully saturated rings. The number of piperazine rings is 1. The highest BCUT2D eigenvalue weighted by Crippen LogP contribution is 2.32. The number of ether oxygens (including phenoxy) is 2. The van der Waals surface area contributed by atoms with Gasteiger partial charge in [-0.2, -0.15) is 0 Å². The molecule has 2 heterocycles. The van der Waals surface area contributed by atoms with Crippen LogP contribution in [0.5, 0.6) is 0 Å². The number of carbonyl (C=O) groups excluding carboxylic acids is 2. The topological polar surface area (TPSA) is 74.3 Å². The molecule has 11 heteroatoms. The highest BCUT2D eigenvalue weighted by Gasteiger charge is 2.35. The van der Waals surface area contributed by atoms with Gasteiger partial charge >= 0.3 is 12.2 Å². The Hall–Kier alpha value is -2.69. The van der Waals surface area contributed by atoms with Gasteiger partial charge in [-0.15, -0.1) is 0 Å². The van der Waals surface area contributed by atoms with Gasteiger partial charge in [0.25, 0.3) is 0 Å². The maximum absolute atomic E-state index is 14.9. The lowest BCUT2D eigenvalue weighted by atomic mass is 10.2. The molecule has 32 heavy (non-hydrogen) atoms. The molecular weight excluding hydrogens is 442 g/mol. The molecule has 0 bridgehead atoms. The number of halogens is 2.